The molecule has 0 atom stereocenters. The zero-order chi connectivity index (χ0) is 13.5. The van der Waals surface area contributed by atoms with Gasteiger partial charge >= 0.3 is 21.1 Å². The first-order valence-corrected chi connectivity index (χ1v) is 6.97. The average molecular weight is 496 g/mol. The molecule has 126 valence electrons. The fourth-order valence-electron chi connectivity index (χ4n) is 3.02. The van der Waals surface area contributed by atoms with Crippen LogP contribution in [0, 0.1) is 29.2 Å². The van der Waals surface area contributed by atoms with Crippen LogP contribution < -0.4 is 0 Å². The normalized spacial score (nSPS) is 9.38. The molecule has 4 rings (SSSR count). The standard InChI is InChI=1S/C20H15.3CH3.Pt/c1-14-10-11-16(12-14)20-13-15-6-2-3-7-17(15)18-8-4-5-9-19(18)20;;;;/h2-13H,1H3;3*1H3;/q4*-1;+4. The molecule has 0 aromatic heterocycles. The summed E-state index contributed by atoms with van der Waals surface area (Å²) >= 11 is 0. The van der Waals surface area contributed by atoms with E-state index in [1.54, 1.807) is 0 Å². The van der Waals surface area contributed by atoms with E-state index in [1.807, 2.05) is 0 Å². The smallest absolute Gasteiger partial charge is 0.358 e. The summed E-state index contributed by atoms with van der Waals surface area (Å²) in [4.78, 5) is 0. The molecule has 0 saturated heterocycles. The monoisotopic (exact) mass is 495 g/mol. The van der Waals surface area contributed by atoms with Gasteiger partial charge in [-0.05, 0) is 21.5 Å². The van der Waals surface area contributed by atoms with Gasteiger partial charge in [-0.1, -0.05) is 67.1 Å². The molecule has 0 nitrogen and oxygen atoms in total. The molecule has 0 aliphatic carbocycles. The van der Waals surface area contributed by atoms with Gasteiger partial charge in [0.2, 0.25) is 0 Å². The van der Waals surface area contributed by atoms with Gasteiger partial charge in [0, 0.05) is 0 Å². The topological polar surface area (TPSA) is 0 Å². The molecule has 0 spiro atoms. The van der Waals surface area contributed by atoms with E-state index in [1.165, 1.54) is 38.2 Å². The zero-order valence-corrected chi connectivity index (χ0v) is 17.0. The number of benzene rings is 3. The minimum atomic E-state index is 0. The Bertz CT molecular complexity index is 916. The van der Waals surface area contributed by atoms with Crippen LogP contribution in [0.15, 0.2) is 72.8 Å². The molecule has 0 aliphatic rings. The van der Waals surface area contributed by atoms with Crippen molar-refractivity contribution in [2.75, 3.05) is 0 Å². The third kappa shape index (κ3) is 3.65. The van der Waals surface area contributed by atoms with Crippen LogP contribution in [0.1, 0.15) is 5.56 Å². The Balaban J connectivity index is 0.00000132. The second-order valence-corrected chi connectivity index (χ2v) is 5.37. The molecule has 1 heteroatoms. The van der Waals surface area contributed by atoms with Gasteiger partial charge in [0.1, 0.15) is 0 Å². The van der Waals surface area contributed by atoms with Crippen LogP contribution in [-0.2, 0) is 21.1 Å². The summed E-state index contributed by atoms with van der Waals surface area (Å²) < 4.78 is 0. The van der Waals surface area contributed by atoms with Crippen molar-refractivity contribution in [2.45, 2.75) is 6.92 Å². The molecule has 4 aromatic rings. The fraction of sp³-hybridized carbons (Fsp3) is 0.0435. The van der Waals surface area contributed by atoms with Crippen molar-refractivity contribution in [3.8, 4) is 11.1 Å². The first-order valence-electron chi connectivity index (χ1n) is 6.97. The maximum atomic E-state index is 2.31. The summed E-state index contributed by atoms with van der Waals surface area (Å²) in [5.41, 5.74) is 3.95. The van der Waals surface area contributed by atoms with E-state index in [4.69, 9.17) is 0 Å². The van der Waals surface area contributed by atoms with Crippen molar-refractivity contribution in [1.29, 1.82) is 0 Å². The van der Waals surface area contributed by atoms with E-state index in [-0.39, 0.29) is 43.3 Å². The molecular weight excluding hydrogens is 471 g/mol. The summed E-state index contributed by atoms with van der Waals surface area (Å²) in [5.74, 6) is 0. The average Bonchev–Trinajstić information content (AvgIpc) is 2.93. The second-order valence-electron chi connectivity index (χ2n) is 5.37. The first kappa shape index (κ1) is 22.2. The van der Waals surface area contributed by atoms with Crippen molar-refractivity contribution in [2.24, 2.45) is 0 Å². The molecule has 0 saturated carbocycles. The Morgan fingerprint density at radius 2 is 1.29 bits per heavy atom. The quantitative estimate of drug-likeness (QED) is 0.196. The molecule has 0 N–H and O–H groups in total. The van der Waals surface area contributed by atoms with E-state index in [0.29, 0.717) is 0 Å². The van der Waals surface area contributed by atoms with E-state index in [2.05, 4.69) is 79.7 Å². The summed E-state index contributed by atoms with van der Waals surface area (Å²) in [6.45, 7) is 2.15. The molecule has 0 amide bonds. The van der Waals surface area contributed by atoms with E-state index < -0.39 is 0 Å². The fourth-order valence-corrected chi connectivity index (χ4v) is 3.02. The van der Waals surface area contributed by atoms with Crippen LogP contribution >= 0.6 is 0 Å². The molecule has 0 heterocycles. The summed E-state index contributed by atoms with van der Waals surface area (Å²) in [7, 11) is 0. The van der Waals surface area contributed by atoms with Gasteiger partial charge in [-0.2, -0.15) is 23.3 Å². The van der Waals surface area contributed by atoms with Crippen LogP contribution in [-0.4, -0.2) is 0 Å². The van der Waals surface area contributed by atoms with Crippen LogP contribution in [0.4, 0.5) is 0 Å². The number of hydrogen-bond donors (Lipinski definition) is 0. The maximum absolute atomic E-state index is 2.31. The largest absolute Gasteiger partial charge is 4.00 e. The number of hydrogen-bond acceptors (Lipinski definition) is 0. The van der Waals surface area contributed by atoms with Crippen LogP contribution in [0.25, 0.3) is 32.7 Å². The van der Waals surface area contributed by atoms with Gasteiger partial charge in [-0.3, -0.25) is 0 Å². The van der Waals surface area contributed by atoms with E-state index in [0.717, 1.165) is 0 Å². The van der Waals surface area contributed by atoms with E-state index in [9.17, 15) is 0 Å². The van der Waals surface area contributed by atoms with Crippen LogP contribution in [0.3, 0.4) is 0 Å². The third-order valence-corrected chi connectivity index (χ3v) is 3.99. The van der Waals surface area contributed by atoms with E-state index >= 15 is 0 Å². The predicted molar refractivity (Wildman–Crippen MR) is 106 cm³/mol. The molecule has 0 bridgehead atoms. The minimum Gasteiger partial charge on any atom is -0.358 e. The van der Waals surface area contributed by atoms with Gasteiger partial charge in [-0.25, -0.2) is 6.07 Å². The molecule has 0 fully saturated rings. The molecule has 0 unspecified atom stereocenters. The molecular formula is C23H24Pt. The van der Waals surface area contributed by atoms with Crippen molar-refractivity contribution < 1.29 is 21.1 Å². The summed E-state index contributed by atoms with van der Waals surface area (Å²) in [5, 5.41) is 5.30. The molecule has 0 radical (unpaired) electrons. The Kier molecular flexibility index (Phi) is 8.24. The number of rotatable bonds is 1. The predicted octanol–water partition coefficient (Wildman–Crippen LogP) is 7.04. The molecule has 24 heavy (non-hydrogen) atoms. The Hall–Kier alpha value is -1.78. The van der Waals surface area contributed by atoms with Gasteiger partial charge in [0.05, 0.1) is 0 Å². The number of fused-ring (bicyclic) bond motifs is 3. The van der Waals surface area contributed by atoms with Gasteiger partial charge in [-0.15, -0.1) is 0 Å². The third-order valence-electron chi connectivity index (χ3n) is 3.99. The maximum Gasteiger partial charge on any atom is 4.00 e. The van der Waals surface area contributed by atoms with Crippen molar-refractivity contribution in [3.63, 3.8) is 0 Å². The Morgan fingerprint density at radius 3 is 1.92 bits per heavy atom. The summed E-state index contributed by atoms with van der Waals surface area (Å²) in [6.07, 6.45) is 0. The second kappa shape index (κ2) is 8.90. The molecule has 0 aliphatic heterocycles. The van der Waals surface area contributed by atoms with Gasteiger partial charge in [0.25, 0.3) is 0 Å². The number of aryl methyl sites for hydroxylation is 1. The SMILES string of the molecule is C[c-]1ccc(-c2cc3ccccc3c3ccccc23)c1.[CH3-].[CH3-].[CH3-].[Pt+4]. The summed E-state index contributed by atoms with van der Waals surface area (Å²) in [6, 6.07) is 26.3. The minimum absolute atomic E-state index is 0. The Morgan fingerprint density at radius 1 is 0.708 bits per heavy atom. The van der Waals surface area contributed by atoms with Gasteiger partial charge < -0.3 is 22.3 Å². The molecule has 4 aromatic carbocycles. The van der Waals surface area contributed by atoms with Gasteiger partial charge in [0.15, 0.2) is 0 Å². The first-order chi connectivity index (χ1) is 9.83. The van der Waals surface area contributed by atoms with Crippen LogP contribution in [0.5, 0.6) is 0 Å². The van der Waals surface area contributed by atoms with Crippen LogP contribution in [0.2, 0.25) is 0 Å². The van der Waals surface area contributed by atoms with Crippen molar-refractivity contribution in [3.05, 3.63) is 101 Å². The zero-order valence-electron chi connectivity index (χ0n) is 14.7. The Labute approximate surface area is 161 Å². The van der Waals surface area contributed by atoms with Crippen molar-refractivity contribution in [1.82, 2.24) is 0 Å². The van der Waals surface area contributed by atoms with Crippen molar-refractivity contribution >= 4 is 21.5 Å².